The molecule has 0 aromatic carbocycles. The average molecular weight is 311 g/mol. The van der Waals surface area contributed by atoms with Crippen LogP contribution in [0.25, 0.3) is 0 Å². The highest BCUT2D eigenvalue weighted by Gasteiger charge is 2.23. The normalized spacial score (nSPS) is 19.3. The monoisotopic (exact) mass is 310 g/mol. The number of hydrogen-bond acceptors (Lipinski definition) is 5. The Balaban J connectivity index is 1.98. The minimum absolute atomic E-state index is 0.686. The minimum atomic E-state index is 0.686. The smallest absolute Gasteiger partial charge is 0.185 e. The second kappa shape index (κ2) is 8.11. The van der Waals surface area contributed by atoms with Crippen molar-refractivity contribution < 1.29 is 0 Å². The lowest BCUT2D eigenvalue weighted by Crippen LogP contribution is -2.36. The number of anilines is 1. The second-order valence-electron chi connectivity index (χ2n) is 6.05. The van der Waals surface area contributed by atoms with E-state index in [0.29, 0.717) is 6.04 Å². The van der Waals surface area contributed by atoms with E-state index in [1.807, 2.05) is 11.3 Å². The Kier molecular flexibility index (Phi) is 6.45. The van der Waals surface area contributed by atoms with Crippen molar-refractivity contribution in [2.75, 3.05) is 38.6 Å². The molecule has 0 amide bonds. The molecule has 4 nitrogen and oxygen atoms in total. The van der Waals surface area contributed by atoms with Gasteiger partial charge in [-0.3, -0.25) is 0 Å². The Morgan fingerprint density at radius 3 is 2.86 bits per heavy atom. The molecule has 2 heterocycles. The lowest BCUT2D eigenvalue weighted by atomic mass is 10.2. The van der Waals surface area contributed by atoms with E-state index in [-0.39, 0.29) is 0 Å². The van der Waals surface area contributed by atoms with E-state index in [9.17, 15) is 0 Å². The molecule has 5 heteroatoms. The summed E-state index contributed by atoms with van der Waals surface area (Å²) in [5.74, 6) is 0. The third-order valence-electron chi connectivity index (χ3n) is 4.30. The van der Waals surface area contributed by atoms with Gasteiger partial charge in [0.25, 0.3) is 0 Å². The molecule has 0 spiro atoms. The van der Waals surface area contributed by atoms with E-state index in [1.54, 1.807) is 0 Å². The summed E-state index contributed by atoms with van der Waals surface area (Å²) in [6.07, 6.45) is 4.86. The largest absolute Gasteiger partial charge is 0.350 e. The van der Waals surface area contributed by atoms with Crippen LogP contribution in [0.2, 0.25) is 0 Å². The topological polar surface area (TPSA) is 31.4 Å². The summed E-state index contributed by atoms with van der Waals surface area (Å²) in [5.41, 5.74) is 1.27. The Morgan fingerprint density at radius 2 is 2.24 bits per heavy atom. The molecule has 1 aromatic rings. The molecule has 2 rings (SSSR count). The van der Waals surface area contributed by atoms with Gasteiger partial charge in [0, 0.05) is 31.1 Å². The first-order chi connectivity index (χ1) is 10.2. The van der Waals surface area contributed by atoms with Crippen molar-refractivity contribution in [3.63, 3.8) is 0 Å². The predicted octanol–water partition coefficient (Wildman–Crippen LogP) is 2.74. The molecule has 1 aliphatic rings. The molecule has 1 N–H and O–H groups in total. The van der Waals surface area contributed by atoms with Crippen molar-refractivity contribution in [3.05, 3.63) is 10.6 Å². The van der Waals surface area contributed by atoms with Crippen molar-refractivity contribution in [1.82, 2.24) is 15.2 Å². The van der Waals surface area contributed by atoms with Crippen molar-refractivity contribution in [3.8, 4) is 0 Å². The van der Waals surface area contributed by atoms with E-state index in [4.69, 9.17) is 4.98 Å². The highest BCUT2D eigenvalue weighted by atomic mass is 32.1. The zero-order valence-corrected chi connectivity index (χ0v) is 14.8. The summed E-state index contributed by atoms with van der Waals surface area (Å²) in [5, 5.41) is 4.68. The molecule has 0 saturated carbocycles. The fourth-order valence-electron chi connectivity index (χ4n) is 2.93. The highest BCUT2D eigenvalue weighted by molar-refractivity contribution is 7.15. The van der Waals surface area contributed by atoms with E-state index in [1.165, 1.54) is 41.5 Å². The molecule has 120 valence electrons. The molecule has 1 atom stereocenters. The van der Waals surface area contributed by atoms with Crippen LogP contribution in [0.15, 0.2) is 0 Å². The van der Waals surface area contributed by atoms with Gasteiger partial charge < -0.3 is 15.1 Å². The predicted molar refractivity (Wildman–Crippen MR) is 92.4 cm³/mol. The second-order valence-corrected chi connectivity index (χ2v) is 7.12. The lowest BCUT2D eigenvalue weighted by molar-refractivity contribution is 0.314. The fraction of sp³-hybridized carbons (Fsp3) is 0.812. The van der Waals surface area contributed by atoms with Crippen LogP contribution in [0.1, 0.15) is 43.7 Å². The van der Waals surface area contributed by atoms with Gasteiger partial charge in [0.2, 0.25) is 0 Å². The van der Waals surface area contributed by atoms with Gasteiger partial charge in [-0.05, 0) is 45.8 Å². The van der Waals surface area contributed by atoms with Crippen molar-refractivity contribution in [2.45, 2.75) is 52.1 Å². The van der Waals surface area contributed by atoms with Crippen molar-refractivity contribution in [2.24, 2.45) is 0 Å². The van der Waals surface area contributed by atoms with Crippen LogP contribution < -0.4 is 10.2 Å². The van der Waals surface area contributed by atoms with Gasteiger partial charge in [-0.2, -0.15) is 0 Å². The van der Waals surface area contributed by atoms with Crippen LogP contribution >= 0.6 is 11.3 Å². The lowest BCUT2D eigenvalue weighted by Gasteiger charge is -2.25. The Labute approximate surface area is 133 Å². The first kappa shape index (κ1) is 16.7. The molecule has 1 saturated heterocycles. The third-order valence-corrected chi connectivity index (χ3v) is 5.51. The molecule has 1 fully saturated rings. The molecule has 1 unspecified atom stereocenters. The SMILES string of the molecule is CCCNCc1sc(N(C)CC2CCCN2C)nc1CC. The number of thiazole rings is 1. The van der Waals surface area contributed by atoms with Gasteiger partial charge in [-0.25, -0.2) is 4.98 Å². The highest BCUT2D eigenvalue weighted by Crippen LogP contribution is 2.27. The summed E-state index contributed by atoms with van der Waals surface area (Å²) in [7, 11) is 4.43. The summed E-state index contributed by atoms with van der Waals surface area (Å²) in [6, 6.07) is 0.686. The Morgan fingerprint density at radius 1 is 1.43 bits per heavy atom. The Bertz CT molecular complexity index is 432. The summed E-state index contributed by atoms with van der Waals surface area (Å²) < 4.78 is 0. The summed E-state index contributed by atoms with van der Waals surface area (Å²) >= 11 is 1.86. The minimum Gasteiger partial charge on any atom is -0.350 e. The molecule has 0 bridgehead atoms. The van der Waals surface area contributed by atoms with Crippen LogP contribution in [0.4, 0.5) is 5.13 Å². The number of likely N-dealkylation sites (N-methyl/N-ethyl adjacent to an activating group) is 2. The zero-order valence-electron chi connectivity index (χ0n) is 14.0. The number of likely N-dealkylation sites (tertiary alicyclic amines) is 1. The maximum atomic E-state index is 4.86. The van der Waals surface area contributed by atoms with E-state index >= 15 is 0 Å². The van der Waals surface area contributed by atoms with Crippen LogP contribution in [0.3, 0.4) is 0 Å². The quantitative estimate of drug-likeness (QED) is 0.748. The number of nitrogens with zero attached hydrogens (tertiary/aromatic N) is 3. The number of nitrogens with one attached hydrogen (secondary N) is 1. The van der Waals surface area contributed by atoms with Crippen LogP contribution in [-0.2, 0) is 13.0 Å². The molecule has 0 aliphatic carbocycles. The van der Waals surface area contributed by atoms with Gasteiger partial charge >= 0.3 is 0 Å². The van der Waals surface area contributed by atoms with Crippen LogP contribution in [0, 0.1) is 0 Å². The maximum Gasteiger partial charge on any atom is 0.185 e. The molecular formula is C16H30N4S. The maximum absolute atomic E-state index is 4.86. The van der Waals surface area contributed by atoms with E-state index < -0.39 is 0 Å². The average Bonchev–Trinajstić information content (AvgIpc) is 3.06. The first-order valence-electron chi connectivity index (χ1n) is 8.26. The Hall–Kier alpha value is -0.650. The van der Waals surface area contributed by atoms with Gasteiger partial charge in [0.05, 0.1) is 5.69 Å². The number of rotatable bonds is 8. The molecule has 0 radical (unpaired) electrons. The molecular weight excluding hydrogens is 280 g/mol. The van der Waals surface area contributed by atoms with Crippen molar-refractivity contribution >= 4 is 16.5 Å². The number of hydrogen-bond donors (Lipinski definition) is 1. The summed E-state index contributed by atoms with van der Waals surface area (Å²) in [6.45, 7) is 8.79. The molecule has 1 aromatic heterocycles. The zero-order chi connectivity index (χ0) is 15.2. The first-order valence-corrected chi connectivity index (χ1v) is 9.08. The van der Waals surface area contributed by atoms with Crippen molar-refractivity contribution in [1.29, 1.82) is 0 Å². The number of aryl methyl sites for hydroxylation is 1. The van der Waals surface area contributed by atoms with Gasteiger partial charge in [-0.1, -0.05) is 13.8 Å². The third kappa shape index (κ3) is 4.41. The van der Waals surface area contributed by atoms with Crippen LogP contribution in [0.5, 0.6) is 0 Å². The van der Waals surface area contributed by atoms with Crippen LogP contribution in [-0.4, -0.2) is 49.7 Å². The van der Waals surface area contributed by atoms with Gasteiger partial charge in [0.1, 0.15) is 0 Å². The van der Waals surface area contributed by atoms with Gasteiger partial charge in [-0.15, -0.1) is 11.3 Å². The van der Waals surface area contributed by atoms with E-state index in [2.05, 4.69) is 43.1 Å². The van der Waals surface area contributed by atoms with E-state index in [0.717, 1.165) is 26.1 Å². The summed E-state index contributed by atoms with van der Waals surface area (Å²) in [4.78, 5) is 11.1. The molecule has 21 heavy (non-hydrogen) atoms. The van der Waals surface area contributed by atoms with Gasteiger partial charge in [0.15, 0.2) is 5.13 Å². The fourth-order valence-corrected chi connectivity index (χ4v) is 4.02. The number of aromatic nitrogens is 1. The standard InChI is InChI=1S/C16H30N4S/c1-5-9-17-11-15-14(6-2)18-16(21-15)20(4)12-13-8-7-10-19(13)3/h13,17H,5-12H2,1-4H3. The molecule has 1 aliphatic heterocycles.